The normalized spacial score (nSPS) is 15.9. The van der Waals surface area contributed by atoms with Gasteiger partial charge in [0.2, 0.25) is 0 Å². The van der Waals surface area contributed by atoms with Gasteiger partial charge in [-0.3, -0.25) is 4.90 Å². The summed E-state index contributed by atoms with van der Waals surface area (Å²) < 4.78 is 11.3. The number of piperidine rings is 1. The average Bonchev–Trinajstić information content (AvgIpc) is 3.30. The molecule has 1 aromatic heterocycles. The maximum Gasteiger partial charge on any atom is 0.161 e. The van der Waals surface area contributed by atoms with Crippen molar-refractivity contribution in [2.45, 2.75) is 25.3 Å². The number of nitrogens with zero attached hydrogens (tertiary/aromatic N) is 1. The van der Waals surface area contributed by atoms with Gasteiger partial charge >= 0.3 is 0 Å². The molecule has 2 heterocycles. The summed E-state index contributed by atoms with van der Waals surface area (Å²) in [6, 6.07) is 23.5. The molecular weight excluding hydrogens is 426 g/mol. The lowest BCUT2D eigenvalue weighted by molar-refractivity contribution is -0.113. The van der Waals surface area contributed by atoms with Crippen molar-refractivity contribution < 1.29 is 19.1 Å². The van der Waals surface area contributed by atoms with E-state index in [1.807, 2.05) is 18.2 Å². The van der Waals surface area contributed by atoms with Crippen LogP contribution < -0.4 is 4.74 Å². The fourth-order valence-corrected chi connectivity index (χ4v) is 4.98. The Morgan fingerprint density at radius 2 is 1.85 bits per heavy atom. The highest BCUT2D eigenvalue weighted by Crippen LogP contribution is 2.35. The molecule has 1 aliphatic rings. The molecule has 1 saturated heterocycles. The van der Waals surface area contributed by atoms with Crippen molar-refractivity contribution in [1.29, 1.82) is 0 Å². The molecule has 0 saturated carbocycles. The number of methoxy groups -OCH3 is 1. The van der Waals surface area contributed by atoms with Gasteiger partial charge < -0.3 is 19.1 Å². The van der Waals surface area contributed by atoms with Crippen molar-refractivity contribution in [3.63, 3.8) is 0 Å². The molecule has 1 fully saturated rings. The number of fused-ring (bicyclic) bond motifs is 1. The highest BCUT2D eigenvalue weighted by atomic mass is 16.5. The number of carbonyl (C=O) groups excluding carboxylic acids is 1. The molecule has 34 heavy (non-hydrogen) atoms. The average molecular weight is 456 g/mol. The fourth-order valence-electron chi connectivity index (χ4n) is 4.98. The van der Waals surface area contributed by atoms with Gasteiger partial charge in [-0.1, -0.05) is 36.4 Å². The Balaban J connectivity index is 1.31. The summed E-state index contributed by atoms with van der Waals surface area (Å²) in [4.78, 5) is 14.4. The van der Waals surface area contributed by atoms with E-state index in [1.165, 1.54) is 12.7 Å². The maximum absolute atomic E-state index is 12.1. The van der Waals surface area contributed by atoms with Crippen LogP contribution in [0.4, 0.5) is 0 Å². The second-order valence-electron chi connectivity index (χ2n) is 9.04. The monoisotopic (exact) mass is 455 g/mol. The van der Waals surface area contributed by atoms with Crippen LogP contribution in [0.2, 0.25) is 0 Å². The first-order chi connectivity index (χ1) is 16.6. The van der Waals surface area contributed by atoms with E-state index in [0.29, 0.717) is 17.4 Å². The van der Waals surface area contributed by atoms with Gasteiger partial charge in [0.1, 0.15) is 17.6 Å². The molecule has 1 aliphatic heterocycles. The molecule has 1 unspecified atom stereocenters. The minimum absolute atomic E-state index is 0.0889. The number of hydrogen-bond acceptors (Lipinski definition) is 5. The fraction of sp³-hybridized carbons (Fsp3) is 0.276. The Bertz CT molecular complexity index is 1270. The van der Waals surface area contributed by atoms with E-state index in [1.54, 1.807) is 18.2 Å². The number of phenols is 1. The van der Waals surface area contributed by atoms with Gasteiger partial charge in [0.25, 0.3) is 0 Å². The Kier molecular flexibility index (Phi) is 6.37. The zero-order valence-corrected chi connectivity index (χ0v) is 19.3. The topological polar surface area (TPSA) is 62.9 Å². The number of rotatable bonds is 7. The van der Waals surface area contributed by atoms with Crippen LogP contribution in [0.25, 0.3) is 22.3 Å². The van der Waals surface area contributed by atoms with Crippen LogP contribution in [0.15, 0.2) is 77.2 Å². The number of hydrogen-bond donors (Lipinski definition) is 1. The number of aromatic hydroxyl groups is 1. The molecule has 1 atom stereocenters. The SMILES string of the molecule is COc1cc(-c2cc3cc(C(C=O)N4CCC(Cc5ccccc5)CC4)ccc3o2)ccc1O. The van der Waals surface area contributed by atoms with E-state index in [0.717, 1.165) is 60.7 Å². The van der Waals surface area contributed by atoms with Crippen molar-refractivity contribution >= 4 is 17.3 Å². The van der Waals surface area contributed by atoms with Crippen LogP contribution in [0.1, 0.15) is 30.0 Å². The molecule has 5 rings (SSSR count). The summed E-state index contributed by atoms with van der Waals surface area (Å²) in [5, 5.41) is 10.8. The van der Waals surface area contributed by atoms with Gasteiger partial charge in [-0.2, -0.15) is 0 Å². The summed E-state index contributed by atoms with van der Waals surface area (Å²) in [6.45, 7) is 1.84. The number of benzene rings is 3. The number of ether oxygens (including phenoxy) is 1. The lowest BCUT2D eigenvalue weighted by Crippen LogP contribution is -2.37. The summed E-state index contributed by atoms with van der Waals surface area (Å²) in [5.41, 5.74) is 3.96. The molecule has 0 radical (unpaired) electrons. The van der Waals surface area contributed by atoms with Crippen LogP contribution in [0.3, 0.4) is 0 Å². The Hall–Kier alpha value is -3.57. The van der Waals surface area contributed by atoms with Crippen LogP contribution in [-0.4, -0.2) is 36.5 Å². The molecule has 3 aromatic carbocycles. The Labute approximate surface area is 199 Å². The van der Waals surface area contributed by atoms with Gasteiger partial charge in [-0.15, -0.1) is 0 Å². The zero-order chi connectivity index (χ0) is 23.5. The number of likely N-dealkylation sites (tertiary alicyclic amines) is 1. The largest absolute Gasteiger partial charge is 0.504 e. The Morgan fingerprint density at radius 3 is 2.59 bits per heavy atom. The third-order valence-electron chi connectivity index (χ3n) is 6.88. The molecule has 0 bridgehead atoms. The predicted octanol–water partition coefficient (Wildman–Crippen LogP) is 6.01. The summed E-state index contributed by atoms with van der Waals surface area (Å²) >= 11 is 0. The smallest absolute Gasteiger partial charge is 0.161 e. The zero-order valence-electron chi connectivity index (χ0n) is 19.3. The standard InChI is InChI=1S/C29H29NO4/c1-33-29-17-23(7-9-26(29)32)28-18-24-16-22(8-10-27(24)34-28)25(19-31)30-13-11-21(12-14-30)15-20-5-3-2-4-6-20/h2-10,16-19,21,25,32H,11-15H2,1H3. The van der Waals surface area contributed by atoms with Crippen molar-refractivity contribution in [2.24, 2.45) is 5.92 Å². The second kappa shape index (κ2) is 9.74. The van der Waals surface area contributed by atoms with Crippen molar-refractivity contribution in [3.05, 3.63) is 83.9 Å². The van der Waals surface area contributed by atoms with Crippen molar-refractivity contribution in [1.82, 2.24) is 4.90 Å². The molecule has 4 aromatic rings. The molecule has 5 nitrogen and oxygen atoms in total. The van der Waals surface area contributed by atoms with Gasteiger partial charge in [0.05, 0.1) is 13.2 Å². The van der Waals surface area contributed by atoms with Gasteiger partial charge in [-0.25, -0.2) is 0 Å². The third kappa shape index (κ3) is 4.57. The first-order valence-corrected chi connectivity index (χ1v) is 11.8. The molecular formula is C29H29NO4. The number of aldehydes is 1. The van der Waals surface area contributed by atoms with Gasteiger partial charge in [-0.05, 0) is 85.8 Å². The Morgan fingerprint density at radius 1 is 1.06 bits per heavy atom. The van der Waals surface area contributed by atoms with Crippen molar-refractivity contribution in [3.8, 4) is 22.8 Å². The van der Waals surface area contributed by atoms with E-state index in [4.69, 9.17) is 9.15 Å². The first kappa shape index (κ1) is 22.2. The predicted molar refractivity (Wildman–Crippen MR) is 133 cm³/mol. The summed E-state index contributed by atoms with van der Waals surface area (Å²) in [6.07, 6.45) is 4.36. The van der Waals surface area contributed by atoms with Gasteiger partial charge in [0.15, 0.2) is 11.5 Å². The minimum Gasteiger partial charge on any atom is -0.504 e. The molecule has 0 spiro atoms. The summed E-state index contributed by atoms with van der Waals surface area (Å²) in [5.74, 6) is 1.84. The highest BCUT2D eigenvalue weighted by molar-refractivity contribution is 5.84. The highest BCUT2D eigenvalue weighted by Gasteiger charge is 2.26. The van der Waals surface area contributed by atoms with Crippen LogP contribution >= 0.6 is 0 Å². The number of phenolic OH excluding ortho intramolecular Hbond substituents is 1. The van der Waals surface area contributed by atoms with Gasteiger partial charge in [0, 0.05) is 10.9 Å². The van der Waals surface area contributed by atoms with E-state index >= 15 is 0 Å². The second-order valence-corrected chi connectivity index (χ2v) is 9.04. The molecule has 0 aliphatic carbocycles. The minimum atomic E-state index is -0.255. The molecule has 1 N–H and O–H groups in total. The van der Waals surface area contributed by atoms with E-state index in [-0.39, 0.29) is 11.8 Å². The van der Waals surface area contributed by atoms with Crippen LogP contribution in [0, 0.1) is 5.92 Å². The van der Waals surface area contributed by atoms with Crippen molar-refractivity contribution in [2.75, 3.05) is 20.2 Å². The van der Waals surface area contributed by atoms with E-state index in [9.17, 15) is 9.90 Å². The van der Waals surface area contributed by atoms with E-state index in [2.05, 4.69) is 41.3 Å². The lowest BCUT2D eigenvalue weighted by atomic mass is 9.89. The molecule has 5 heteroatoms. The third-order valence-corrected chi connectivity index (χ3v) is 6.88. The lowest BCUT2D eigenvalue weighted by Gasteiger charge is -2.35. The van der Waals surface area contributed by atoms with Crippen LogP contribution in [-0.2, 0) is 11.2 Å². The van der Waals surface area contributed by atoms with E-state index < -0.39 is 0 Å². The number of furan rings is 1. The summed E-state index contributed by atoms with van der Waals surface area (Å²) in [7, 11) is 1.52. The first-order valence-electron chi connectivity index (χ1n) is 11.8. The molecule has 0 amide bonds. The molecule has 174 valence electrons. The van der Waals surface area contributed by atoms with Crippen LogP contribution in [0.5, 0.6) is 11.5 Å². The maximum atomic E-state index is 12.1. The quantitative estimate of drug-likeness (QED) is 0.346. The number of carbonyl (C=O) groups is 1.